The van der Waals surface area contributed by atoms with Crippen LogP contribution in [0.15, 0.2) is 103 Å². The topological polar surface area (TPSA) is 54.8 Å². The number of benzene rings is 3. The highest BCUT2D eigenvalue weighted by atomic mass is 32.1. The Morgan fingerprint density at radius 1 is 0.600 bits per heavy atom. The number of aromatic nitrogens is 4. The van der Waals surface area contributed by atoms with Crippen molar-refractivity contribution in [2.45, 2.75) is 19.3 Å². The van der Waals surface area contributed by atoms with Crippen LogP contribution in [0.5, 0.6) is 0 Å². The van der Waals surface area contributed by atoms with E-state index in [4.69, 9.17) is 9.97 Å². The first kappa shape index (κ1) is 23.4. The van der Waals surface area contributed by atoms with Crippen LogP contribution in [0, 0.1) is 0 Å². The fourth-order valence-electron chi connectivity index (χ4n) is 5.72. The predicted molar refractivity (Wildman–Crippen MR) is 166 cm³/mol. The van der Waals surface area contributed by atoms with E-state index in [2.05, 4.69) is 95.4 Å². The van der Waals surface area contributed by atoms with Crippen molar-refractivity contribution in [2.75, 3.05) is 4.90 Å². The quantitative estimate of drug-likeness (QED) is 0.218. The largest absolute Gasteiger partial charge is 0.310 e. The van der Waals surface area contributed by atoms with Crippen molar-refractivity contribution in [3.8, 4) is 21.1 Å². The lowest BCUT2D eigenvalue weighted by Gasteiger charge is -2.42. The lowest BCUT2D eigenvalue weighted by atomic mass is 9.73. The van der Waals surface area contributed by atoms with E-state index in [1.807, 2.05) is 36.7 Å². The van der Waals surface area contributed by atoms with Crippen LogP contribution in [0.25, 0.3) is 41.8 Å². The second kappa shape index (κ2) is 8.78. The fraction of sp³-hybridized carbons (Fsp3) is 0.0909. The number of anilines is 3. The van der Waals surface area contributed by atoms with Gasteiger partial charge in [0.05, 0.1) is 11.4 Å². The summed E-state index contributed by atoms with van der Waals surface area (Å²) in [6.45, 7) is 4.62. The van der Waals surface area contributed by atoms with E-state index in [-0.39, 0.29) is 5.41 Å². The van der Waals surface area contributed by atoms with Crippen molar-refractivity contribution in [2.24, 2.45) is 0 Å². The molecule has 0 radical (unpaired) electrons. The minimum absolute atomic E-state index is 0.123. The summed E-state index contributed by atoms with van der Waals surface area (Å²) in [5.74, 6) is 0. The summed E-state index contributed by atoms with van der Waals surface area (Å²) in [4.78, 5) is 23.3. The molecule has 1 aliphatic heterocycles. The molecule has 0 atom stereocenters. The number of hydrogen-bond acceptors (Lipinski definition) is 7. The molecule has 0 N–H and O–H groups in total. The minimum atomic E-state index is -0.123. The zero-order valence-corrected chi connectivity index (χ0v) is 23.5. The summed E-state index contributed by atoms with van der Waals surface area (Å²) in [7, 11) is 0. The Morgan fingerprint density at radius 2 is 1.10 bits per heavy atom. The van der Waals surface area contributed by atoms with Crippen LogP contribution in [-0.4, -0.2) is 19.9 Å². The normalized spacial score (nSPS) is 13.9. The van der Waals surface area contributed by atoms with Gasteiger partial charge in [-0.2, -0.15) is 0 Å². The zero-order valence-electron chi connectivity index (χ0n) is 21.9. The van der Waals surface area contributed by atoms with Crippen molar-refractivity contribution >= 4 is 60.4 Å². The van der Waals surface area contributed by atoms with Gasteiger partial charge in [-0.3, -0.25) is 0 Å². The van der Waals surface area contributed by atoms with Gasteiger partial charge in [-0.25, -0.2) is 19.9 Å². The molecule has 7 heteroatoms. The van der Waals surface area contributed by atoms with E-state index in [0.717, 1.165) is 47.5 Å². The number of para-hydroxylation sites is 2. The summed E-state index contributed by atoms with van der Waals surface area (Å²) >= 11 is 3.23. The highest BCUT2D eigenvalue weighted by Crippen LogP contribution is 2.52. The average molecular weight is 554 g/mol. The summed E-state index contributed by atoms with van der Waals surface area (Å²) in [5.41, 5.74) is 9.83. The fourth-order valence-corrected chi connectivity index (χ4v) is 7.51. The lowest BCUT2D eigenvalue weighted by molar-refractivity contribution is 0.632. The Labute approximate surface area is 239 Å². The number of pyridine rings is 2. The summed E-state index contributed by atoms with van der Waals surface area (Å²) in [6.07, 6.45) is 3.65. The highest BCUT2D eigenvalue weighted by molar-refractivity contribution is 7.21. The molecule has 0 amide bonds. The van der Waals surface area contributed by atoms with Gasteiger partial charge >= 0.3 is 0 Å². The third-order valence-corrected chi connectivity index (χ3v) is 9.70. The first-order chi connectivity index (χ1) is 19.6. The van der Waals surface area contributed by atoms with Crippen LogP contribution in [0.4, 0.5) is 17.1 Å². The predicted octanol–water partition coefficient (Wildman–Crippen LogP) is 9.14. The maximum absolute atomic E-state index is 4.97. The van der Waals surface area contributed by atoms with Gasteiger partial charge in [0.25, 0.3) is 0 Å². The molecule has 3 aromatic carbocycles. The molecule has 40 heavy (non-hydrogen) atoms. The van der Waals surface area contributed by atoms with E-state index in [9.17, 15) is 0 Å². The van der Waals surface area contributed by atoms with Crippen molar-refractivity contribution in [3.63, 3.8) is 0 Å². The molecule has 0 saturated heterocycles. The van der Waals surface area contributed by atoms with Crippen LogP contribution in [0.1, 0.15) is 25.0 Å². The van der Waals surface area contributed by atoms with Gasteiger partial charge in [-0.05, 0) is 65.7 Å². The number of thiazole rings is 2. The molecule has 0 bridgehead atoms. The molecule has 0 saturated carbocycles. The number of rotatable bonds is 3. The zero-order chi connectivity index (χ0) is 26.8. The molecule has 5 heterocycles. The average Bonchev–Trinajstić information content (AvgIpc) is 3.62. The van der Waals surface area contributed by atoms with Crippen LogP contribution in [0.3, 0.4) is 0 Å². The second-order valence-corrected chi connectivity index (χ2v) is 12.4. The smallest absolute Gasteiger partial charge is 0.143 e. The molecule has 0 fully saturated rings. The van der Waals surface area contributed by atoms with E-state index < -0.39 is 0 Å². The Morgan fingerprint density at radius 3 is 1.60 bits per heavy atom. The van der Waals surface area contributed by atoms with Crippen LogP contribution >= 0.6 is 22.7 Å². The second-order valence-electron chi connectivity index (χ2n) is 10.5. The third kappa shape index (κ3) is 3.58. The molecule has 7 aromatic rings. The molecule has 0 aliphatic carbocycles. The molecule has 0 spiro atoms. The Hall–Kier alpha value is -4.46. The maximum Gasteiger partial charge on any atom is 0.143 e. The van der Waals surface area contributed by atoms with Gasteiger partial charge in [0.2, 0.25) is 0 Å². The molecule has 8 rings (SSSR count). The van der Waals surface area contributed by atoms with Gasteiger partial charge in [0.1, 0.15) is 30.7 Å². The van der Waals surface area contributed by atoms with Crippen LogP contribution in [0.2, 0.25) is 0 Å². The Balaban J connectivity index is 1.40. The molecular formula is C33H23N5S2. The first-order valence-corrected chi connectivity index (χ1v) is 14.8. The Bertz CT molecular complexity index is 1870. The van der Waals surface area contributed by atoms with Gasteiger partial charge in [-0.15, -0.1) is 0 Å². The highest BCUT2D eigenvalue weighted by Gasteiger charge is 2.36. The minimum Gasteiger partial charge on any atom is -0.310 e. The van der Waals surface area contributed by atoms with Gasteiger partial charge in [0, 0.05) is 34.6 Å². The maximum atomic E-state index is 4.97. The molecule has 192 valence electrons. The first-order valence-electron chi connectivity index (χ1n) is 13.1. The Kier molecular flexibility index (Phi) is 5.14. The molecule has 1 aliphatic rings. The van der Waals surface area contributed by atoms with E-state index in [1.54, 1.807) is 22.7 Å². The van der Waals surface area contributed by atoms with E-state index in [1.165, 1.54) is 22.5 Å². The van der Waals surface area contributed by atoms with E-state index >= 15 is 0 Å². The summed E-state index contributed by atoms with van der Waals surface area (Å²) in [5, 5.41) is 1.88. The van der Waals surface area contributed by atoms with Gasteiger partial charge in [-0.1, -0.05) is 72.9 Å². The number of nitrogens with zero attached hydrogens (tertiary/aromatic N) is 5. The van der Waals surface area contributed by atoms with Crippen molar-refractivity contribution in [1.29, 1.82) is 0 Å². The summed E-state index contributed by atoms with van der Waals surface area (Å²) < 4.78 is 0. The molecule has 4 aromatic heterocycles. The third-order valence-electron chi connectivity index (χ3n) is 7.64. The number of hydrogen-bond donors (Lipinski definition) is 0. The summed E-state index contributed by atoms with van der Waals surface area (Å²) in [6, 6.07) is 32.1. The monoisotopic (exact) mass is 553 g/mol. The van der Waals surface area contributed by atoms with Gasteiger partial charge in [0.15, 0.2) is 0 Å². The standard InChI is InChI=1S/C33H23N5S2/c1-33(2)23-9-3-5-13-27(23)38(28-14-6-4-10-24(28)33)22-18-20(29-36-25-11-7-15-34-31(25)39-29)17-21(19-22)30-37-26-12-8-16-35-32(26)40-30/h3-19H,1-2H3. The van der Waals surface area contributed by atoms with Crippen molar-refractivity contribution < 1.29 is 0 Å². The van der Waals surface area contributed by atoms with Crippen LogP contribution < -0.4 is 4.90 Å². The van der Waals surface area contributed by atoms with Crippen molar-refractivity contribution in [3.05, 3.63) is 115 Å². The lowest BCUT2D eigenvalue weighted by Crippen LogP contribution is -2.30. The van der Waals surface area contributed by atoms with Crippen molar-refractivity contribution in [1.82, 2.24) is 19.9 Å². The molecule has 0 unspecified atom stereocenters. The molecule has 5 nitrogen and oxygen atoms in total. The van der Waals surface area contributed by atoms with Gasteiger partial charge < -0.3 is 4.90 Å². The number of fused-ring (bicyclic) bond motifs is 4. The van der Waals surface area contributed by atoms with E-state index in [0.29, 0.717) is 0 Å². The SMILES string of the molecule is CC1(C)c2ccccc2N(c2cc(-c3nc4cccnc4s3)cc(-c3nc4cccnc4s3)c2)c2ccccc21. The van der Waals surface area contributed by atoms with Crippen LogP contribution in [-0.2, 0) is 5.41 Å². The molecular weight excluding hydrogens is 531 g/mol.